The Kier molecular flexibility index (Phi) is 6.37. The van der Waals surface area contributed by atoms with Crippen LogP contribution in [0, 0.1) is 5.92 Å². The van der Waals surface area contributed by atoms with E-state index < -0.39 is 0 Å². The largest absolute Gasteiger partial charge is 0.393 e. The van der Waals surface area contributed by atoms with Gasteiger partial charge >= 0.3 is 0 Å². The molecule has 2 nitrogen and oxygen atoms in total. The first-order valence-corrected chi connectivity index (χ1v) is 6.96. The molecule has 2 atom stereocenters. The maximum atomic E-state index is 9.29. The Morgan fingerprint density at radius 1 is 1.06 bits per heavy atom. The molecule has 0 spiro atoms. The van der Waals surface area contributed by atoms with E-state index in [9.17, 15) is 5.11 Å². The summed E-state index contributed by atoms with van der Waals surface area (Å²) in [5.41, 5.74) is 2.71. The Balaban J connectivity index is 2.31. The van der Waals surface area contributed by atoms with Crippen LogP contribution in [0.15, 0.2) is 24.3 Å². The van der Waals surface area contributed by atoms with Gasteiger partial charge in [0.2, 0.25) is 0 Å². The Bertz CT molecular complexity index is 329. The summed E-state index contributed by atoms with van der Waals surface area (Å²) in [5.74, 6) is 1.11. The number of benzene rings is 1. The molecule has 0 fully saturated rings. The summed E-state index contributed by atoms with van der Waals surface area (Å²) in [4.78, 5) is 0. The van der Waals surface area contributed by atoms with Crippen LogP contribution in [0.4, 0.5) is 0 Å². The third-order valence-electron chi connectivity index (χ3n) is 3.21. The van der Waals surface area contributed by atoms with Crippen LogP contribution in [0.3, 0.4) is 0 Å². The van der Waals surface area contributed by atoms with Gasteiger partial charge in [0, 0.05) is 6.54 Å². The first-order chi connectivity index (χ1) is 8.49. The molecule has 1 rings (SSSR count). The van der Waals surface area contributed by atoms with E-state index in [0.717, 1.165) is 19.5 Å². The summed E-state index contributed by atoms with van der Waals surface area (Å²) >= 11 is 0. The molecule has 0 aliphatic carbocycles. The van der Waals surface area contributed by atoms with Crippen molar-refractivity contribution in [1.82, 2.24) is 5.32 Å². The summed E-state index contributed by atoms with van der Waals surface area (Å²) in [6.45, 7) is 10.3. The molecule has 2 heteroatoms. The Hall–Kier alpha value is -0.860. The smallest absolute Gasteiger partial charge is 0.0515 e. The lowest BCUT2D eigenvalue weighted by atomic mass is 10.0. The average molecular weight is 249 g/mol. The number of hydrogen-bond donors (Lipinski definition) is 2. The van der Waals surface area contributed by atoms with Crippen LogP contribution >= 0.6 is 0 Å². The van der Waals surface area contributed by atoms with Gasteiger partial charge in [0.05, 0.1) is 6.10 Å². The molecule has 0 bridgehead atoms. The van der Waals surface area contributed by atoms with Crippen LogP contribution in [0.2, 0.25) is 0 Å². The van der Waals surface area contributed by atoms with Crippen molar-refractivity contribution in [3.05, 3.63) is 35.4 Å². The quantitative estimate of drug-likeness (QED) is 0.777. The third kappa shape index (κ3) is 5.65. The van der Waals surface area contributed by atoms with Crippen LogP contribution in [-0.2, 0) is 6.54 Å². The minimum Gasteiger partial charge on any atom is -0.393 e. The number of hydrogen-bond acceptors (Lipinski definition) is 2. The van der Waals surface area contributed by atoms with Gasteiger partial charge in [-0.05, 0) is 42.9 Å². The molecule has 0 heterocycles. The van der Waals surface area contributed by atoms with Gasteiger partial charge in [0.25, 0.3) is 0 Å². The zero-order valence-corrected chi connectivity index (χ0v) is 12.1. The highest BCUT2D eigenvalue weighted by Gasteiger charge is 2.05. The van der Waals surface area contributed by atoms with Gasteiger partial charge in [-0.3, -0.25) is 0 Å². The zero-order chi connectivity index (χ0) is 13.5. The van der Waals surface area contributed by atoms with Gasteiger partial charge in [0.15, 0.2) is 0 Å². The van der Waals surface area contributed by atoms with Crippen molar-refractivity contribution in [2.75, 3.05) is 6.54 Å². The van der Waals surface area contributed by atoms with E-state index in [2.05, 4.69) is 50.4 Å². The Labute approximate surface area is 111 Å². The maximum absolute atomic E-state index is 9.29. The number of nitrogens with one attached hydrogen (secondary N) is 1. The molecule has 0 radical (unpaired) electrons. The lowest BCUT2D eigenvalue weighted by molar-refractivity contribution is 0.163. The van der Waals surface area contributed by atoms with Gasteiger partial charge < -0.3 is 10.4 Å². The molecule has 18 heavy (non-hydrogen) atoms. The molecular weight excluding hydrogens is 222 g/mol. The van der Waals surface area contributed by atoms with Crippen molar-refractivity contribution in [3.8, 4) is 0 Å². The molecule has 0 saturated heterocycles. The highest BCUT2D eigenvalue weighted by molar-refractivity contribution is 5.24. The molecule has 0 aromatic heterocycles. The Morgan fingerprint density at radius 2 is 1.67 bits per heavy atom. The van der Waals surface area contributed by atoms with Crippen LogP contribution < -0.4 is 5.32 Å². The van der Waals surface area contributed by atoms with E-state index in [1.54, 1.807) is 0 Å². The second-order valence-corrected chi connectivity index (χ2v) is 5.72. The fourth-order valence-corrected chi connectivity index (χ4v) is 2.15. The predicted molar refractivity (Wildman–Crippen MR) is 77.7 cm³/mol. The van der Waals surface area contributed by atoms with Crippen molar-refractivity contribution in [2.45, 2.75) is 52.7 Å². The van der Waals surface area contributed by atoms with Crippen LogP contribution in [0.1, 0.15) is 51.2 Å². The van der Waals surface area contributed by atoms with Gasteiger partial charge in [-0.15, -0.1) is 0 Å². The van der Waals surface area contributed by atoms with Gasteiger partial charge in [0.1, 0.15) is 0 Å². The highest BCUT2D eigenvalue weighted by Crippen LogP contribution is 2.14. The Morgan fingerprint density at radius 3 is 2.17 bits per heavy atom. The zero-order valence-electron chi connectivity index (χ0n) is 12.1. The van der Waals surface area contributed by atoms with Crippen LogP contribution in [0.25, 0.3) is 0 Å². The van der Waals surface area contributed by atoms with Gasteiger partial charge in [-0.25, -0.2) is 0 Å². The molecule has 102 valence electrons. The summed E-state index contributed by atoms with van der Waals surface area (Å²) in [7, 11) is 0. The van der Waals surface area contributed by atoms with E-state index in [4.69, 9.17) is 0 Å². The fourth-order valence-electron chi connectivity index (χ4n) is 2.15. The first-order valence-electron chi connectivity index (χ1n) is 6.96. The molecule has 2 unspecified atom stereocenters. The number of aliphatic hydroxyl groups is 1. The van der Waals surface area contributed by atoms with Gasteiger partial charge in [-0.2, -0.15) is 0 Å². The average Bonchev–Trinajstić information content (AvgIpc) is 2.28. The van der Waals surface area contributed by atoms with Crippen molar-refractivity contribution in [2.24, 2.45) is 5.92 Å². The van der Waals surface area contributed by atoms with Gasteiger partial charge in [-0.1, -0.05) is 45.0 Å². The molecule has 0 saturated carbocycles. The lowest BCUT2D eigenvalue weighted by Gasteiger charge is -2.14. The summed E-state index contributed by atoms with van der Waals surface area (Å²) in [6, 6.07) is 8.81. The standard InChI is InChI=1S/C16H27NO/c1-12(2)16-7-5-15(6-8-16)11-17-10-13(3)9-14(4)18/h5-8,12-14,17-18H,9-11H2,1-4H3. The van der Waals surface area contributed by atoms with Crippen molar-refractivity contribution >= 4 is 0 Å². The fraction of sp³-hybridized carbons (Fsp3) is 0.625. The summed E-state index contributed by atoms with van der Waals surface area (Å²) in [5, 5.41) is 12.7. The van der Waals surface area contributed by atoms with E-state index >= 15 is 0 Å². The minimum absolute atomic E-state index is 0.202. The maximum Gasteiger partial charge on any atom is 0.0515 e. The van der Waals surface area contributed by atoms with E-state index in [1.165, 1.54) is 11.1 Å². The molecule has 0 aliphatic rings. The first kappa shape index (κ1) is 15.2. The monoisotopic (exact) mass is 249 g/mol. The third-order valence-corrected chi connectivity index (χ3v) is 3.21. The normalized spacial score (nSPS) is 14.8. The molecule has 1 aromatic carbocycles. The van der Waals surface area contributed by atoms with Crippen molar-refractivity contribution in [3.63, 3.8) is 0 Å². The molecular formula is C16H27NO. The molecule has 0 amide bonds. The molecule has 2 N–H and O–H groups in total. The molecule has 1 aromatic rings. The van der Waals surface area contributed by atoms with Crippen molar-refractivity contribution < 1.29 is 5.11 Å². The summed E-state index contributed by atoms with van der Waals surface area (Å²) < 4.78 is 0. The molecule has 0 aliphatic heterocycles. The lowest BCUT2D eigenvalue weighted by Crippen LogP contribution is -2.23. The number of aliphatic hydroxyl groups excluding tert-OH is 1. The highest BCUT2D eigenvalue weighted by atomic mass is 16.3. The van der Waals surface area contributed by atoms with E-state index in [-0.39, 0.29) is 6.10 Å². The van der Waals surface area contributed by atoms with Crippen LogP contribution in [0.5, 0.6) is 0 Å². The second kappa shape index (κ2) is 7.55. The van der Waals surface area contributed by atoms with Crippen molar-refractivity contribution in [1.29, 1.82) is 0 Å². The second-order valence-electron chi connectivity index (χ2n) is 5.72. The number of rotatable bonds is 7. The van der Waals surface area contributed by atoms with E-state index in [0.29, 0.717) is 11.8 Å². The summed E-state index contributed by atoms with van der Waals surface area (Å²) in [6.07, 6.45) is 0.659. The minimum atomic E-state index is -0.202. The SMILES string of the molecule is CC(O)CC(C)CNCc1ccc(C(C)C)cc1. The van der Waals surface area contributed by atoms with Crippen LogP contribution in [-0.4, -0.2) is 17.8 Å². The van der Waals surface area contributed by atoms with E-state index in [1.807, 2.05) is 6.92 Å². The predicted octanol–water partition coefficient (Wildman–Crippen LogP) is 3.31. The topological polar surface area (TPSA) is 32.3 Å².